The van der Waals surface area contributed by atoms with E-state index in [2.05, 4.69) is 10.0 Å². The highest BCUT2D eigenvalue weighted by atomic mass is 32.2. The Labute approximate surface area is 154 Å². The fourth-order valence-electron chi connectivity index (χ4n) is 2.89. The second-order valence-electron chi connectivity index (χ2n) is 6.30. The first-order valence-electron chi connectivity index (χ1n) is 8.98. The van der Waals surface area contributed by atoms with Crippen LogP contribution in [0.25, 0.3) is 0 Å². The van der Waals surface area contributed by atoms with Crippen molar-refractivity contribution in [3.63, 3.8) is 0 Å². The average Bonchev–Trinajstić information content (AvgIpc) is 3.12. The molecule has 1 fully saturated rings. The fraction of sp³-hybridized carbons (Fsp3) is 0.556. The molecule has 1 aliphatic rings. The Bertz CT molecular complexity index is 710. The first kappa shape index (κ1) is 20.4. The van der Waals surface area contributed by atoms with Gasteiger partial charge in [0.2, 0.25) is 15.9 Å². The van der Waals surface area contributed by atoms with Crippen LogP contribution < -0.4 is 10.0 Å². The van der Waals surface area contributed by atoms with Crippen LogP contribution in [0, 0.1) is 0 Å². The second-order valence-corrected chi connectivity index (χ2v) is 8.06. The summed E-state index contributed by atoms with van der Waals surface area (Å²) in [5.74, 6) is -0.521. The molecular weight excluding hydrogens is 356 g/mol. The summed E-state index contributed by atoms with van der Waals surface area (Å²) in [6.45, 7) is 2.14. The van der Waals surface area contributed by atoms with Crippen molar-refractivity contribution >= 4 is 21.9 Å². The van der Waals surface area contributed by atoms with Crippen molar-refractivity contribution in [3.8, 4) is 0 Å². The number of carbonyl (C=O) groups is 2. The van der Waals surface area contributed by atoms with E-state index in [9.17, 15) is 18.0 Å². The highest BCUT2D eigenvalue weighted by Gasteiger charge is 2.18. The second kappa shape index (κ2) is 9.68. The van der Waals surface area contributed by atoms with Crippen molar-refractivity contribution in [3.05, 3.63) is 29.8 Å². The molecule has 0 atom stereocenters. The minimum atomic E-state index is -3.67. The number of hydrogen-bond donors (Lipinski definition) is 2. The smallest absolute Gasteiger partial charge is 0.338 e. The van der Waals surface area contributed by atoms with E-state index in [0.717, 1.165) is 25.7 Å². The maximum atomic E-state index is 12.2. The Morgan fingerprint density at radius 2 is 1.81 bits per heavy atom. The molecular formula is C18H26N2O5S. The zero-order chi connectivity index (χ0) is 19.0. The molecule has 0 aromatic heterocycles. The van der Waals surface area contributed by atoms with Crippen LogP contribution >= 0.6 is 0 Å². The van der Waals surface area contributed by atoms with Crippen LogP contribution in [0.15, 0.2) is 29.2 Å². The van der Waals surface area contributed by atoms with E-state index in [-0.39, 0.29) is 30.0 Å². The van der Waals surface area contributed by atoms with Crippen molar-refractivity contribution < 1.29 is 22.7 Å². The lowest BCUT2D eigenvalue weighted by Crippen LogP contribution is -2.33. The van der Waals surface area contributed by atoms with Gasteiger partial charge >= 0.3 is 5.97 Å². The number of hydrogen-bond acceptors (Lipinski definition) is 5. The third kappa shape index (κ3) is 6.10. The monoisotopic (exact) mass is 382 g/mol. The van der Waals surface area contributed by atoms with Crippen molar-refractivity contribution in [2.45, 2.75) is 56.4 Å². The van der Waals surface area contributed by atoms with Crippen LogP contribution in [-0.2, 0) is 19.6 Å². The molecule has 0 bridgehead atoms. The van der Waals surface area contributed by atoms with Gasteiger partial charge in [0.1, 0.15) is 0 Å². The molecule has 1 aliphatic carbocycles. The lowest BCUT2D eigenvalue weighted by atomic mass is 10.2. The molecule has 1 amide bonds. The molecule has 1 saturated carbocycles. The summed E-state index contributed by atoms with van der Waals surface area (Å²) in [6, 6.07) is 5.84. The van der Waals surface area contributed by atoms with Crippen LogP contribution in [0.5, 0.6) is 0 Å². The number of nitrogens with one attached hydrogen (secondary N) is 2. The van der Waals surface area contributed by atoms with Crippen molar-refractivity contribution in [2.75, 3.05) is 13.2 Å². The number of benzene rings is 1. The highest BCUT2D eigenvalue weighted by Crippen LogP contribution is 2.17. The Morgan fingerprint density at radius 1 is 1.15 bits per heavy atom. The predicted molar refractivity (Wildman–Crippen MR) is 97.2 cm³/mol. The van der Waals surface area contributed by atoms with Crippen LogP contribution in [0.3, 0.4) is 0 Å². The molecule has 0 aliphatic heterocycles. The SMILES string of the molecule is CCOC(=O)c1ccc(S(=O)(=O)NCCCC(=O)NC2CCCC2)cc1. The average molecular weight is 382 g/mol. The van der Waals surface area contributed by atoms with Gasteiger partial charge < -0.3 is 10.1 Å². The third-order valence-electron chi connectivity index (χ3n) is 4.27. The van der Waals surface area contributed by atoms with Crippen molar-refractivity contribution in [2.24, 2.45) is 0 Å². The lowest BCUT2D eigenvalue weighted by molar-refractivity contribution is -0.121. The minimum absolute atomic E-state index is 0.0325. The van der Waals surface area contributed by atoms with E-state index in [1.54, 1.807) is 6.92 Å². The van der Waals surface area contributed by atoms with Crippen molar-refractivity contribution in [1.82, 2.24) is 10.0 Å². The van der Waals surface area contributed by atoms with Gasteiger partial charge in [0.25, 0.3) is 0 Å². The normalized spacial score (nSPS) is 15.0. The number of carbonyl (C=O) groups excluding carboxylic acids is 2. The summed E-state index contributed by atoms with van der Waals surface area (Å²) in [5.41, 5.74) is 0.300. The summed E-state index contributed by atoms with van der Waals surface area (Å²) in [6.07, 6.45) is 5.08. The van der Waals surface area contributed by atoms with E-state index in [0.29, 0.717) is 18.4 Å². The first-order valence-corrected chi connectivity index (χ1v) is 10.5. The number of amides is 1. The van der Waals surface area contributed by atoms with Gasteiger partial charge in [0.05, 0.1) is 17.1 Å². The molecule has 2 rings (SSSR count). The summed E-state index contributed by atoms with van der Waals surface area (Å²) in [5, 5.41) is 2.98. The Balaban J connectivity index is 1.77. The van der Waals surface area contributed by atoms with Crippen LogP contribution in [0.1, 0.15) is 55.8 Å². The van der Waals surface area contributed by atoms with Gasteiger partial charge in [-0.3, -0.25) is 4.79 Å². The molecule has 0 heterocycles. The quantitative estimate of drug-likeness (QED) is 0.502. The summed E-state index contributed by atoms with van der Waals surface area (Å²) in [7, 11) is -3.67. The molecule has 7 nitrogen and oxygen atoms in total. The zero-order valence-electron chi connectivity index (χ0n) is 15.0. The van der Waals surface area contributed by atoms with E-state index in [4.69, 9.17) is 4.74 Å². The zero-order valence-corrected chi connectivity index (χ0v) is 15.8. The molecule has 8 heteroatoms. The Kier molecular flexibility index (Phi) is 7.59. The molecule has 0 saturated heterocycles. The van der Waals surface area contributed by atoms with Gasteiger partial charge in [-0.2, -0.15) is 0 Å². The lowest BCUT2D eigenvalue weighted by Gasteiger charge is -2.12. The largest absolute Gasteiger partial charge is 0.462 e. The fourth-order valence-corrected chi connectivity index (χ4v) is 3.97. The maximum absolute atomic E-state index is 12.2. The molecule has 0 radical (unpaired) electrons. The van der Waals surface area contributed by atoms with E-state index in [1.165, 1.54) is 24.3 Å². The summed E-state index contributed by atoms with van der Waals surface area (Å²) < 4.78 is 31.8. The van der Waals surface area contributed by atoms with Crippen LogP contribution in [0.2, 0.25) is 0 Å². The van der Waals surface area contributed by atoms with Gasteiger partial charge in [0.15, 0.2) is 0 Å². The highest BCUT2D eigenvalue weighted by molar-refractivity contribution is 7.89. The summed E-state index contributed by atoms with van der Waals surface area (Å²) in [4.78, 5) is 23.5. The molecule has 0 spiro atoms. The third-order valence-corrected chi connectivity index (χ3v) is 5.75. The standard InChI is InChI=1S/C18H26N2O5S/c1-2-25-18(22)14-9-11-16(12-10-14)26(23,24)19-13-5-8-17(21)20-15-6-3-4-7-15/h9-12,15,19H,2-8,13H2,1H3,(H,20,21). The predicted octanol–water partition coefficient (Wildman–Crippen LogP) is 1.98. The number of sulfonamides is 1. The first-order chi connectivity index (χ1) is 12.4. The van der Waals surface area contributed by atoms with Gasteiger partial charge in [-0.25, -0.2) is 17.9 Å². The maximum Gasteiger partial charge on any atom is 0.338 e. The molecule has 1 aromatic carbocycles. The number of rotatable bonds is 9. The molecule has 26 heavy (non-hydrogen) atoms. The van der Waals surface area contributed by atoms with Crippen LogP contribution in [0.4, 0.5) is 0 Å². The van der Waals surface area contributed by atoms with Gasteiger partial charge in [0, 0.05) is 19.0 Å². The van der Waals surface area contributed by atoms with Gasteiger partial charge in [-0.15, -0.1) is 0 Å². The molecule has 0 unspecified atom stereocenters. The van der Waals surface area contributed by atoms with Crippen molar-refractivity contribution in [1.29, 1.82) is 0 Å². The van der Waals surface area contributed by atoms with E-state index in [1.807, 2.05) is 0 Å². The summed E-state index contributed by atoms with van der Waals surface area (Å²) >= 11 is 0. The topological polar surface area (TPSA) is 102 Å². The van der Waals surface area contributed by atoms with Gasteiger partial charge in [-0.1, -0.05) is 12.8 Å². The molecule has 144 valence electrons. The number of ether oxygens (including phenoxy) is 1. The van der Waals surface area contributed by atoms with Crippen LogP contribution in [-0.4, -0.2) is 39.5 Å². The Hall–Kier alpha value is -1.93. The Morgan fingerprint density at radius 3 is 2.42 bits per heavy atom. The van der Waals surface area contributed by atoms with Gasteiger partial charge in [-0.05, 0) is 50.5 Å². The number of esters is 1. The minimum Gasteiger partial charge on any atom is -0.462 e. The van der Waals surface area contributed by atoms with E-state index >= 15 is 0 Å². The van der Waals surface area contributed by atoms with E-state index < -0.39 is 16.0 Å². The molecule has 1 aromatic rings. The molecule has 2 N–H and O–H groups in total.